The fourth-order valence-electron chi connectivity index (χ4n) is 4.22. The summed E-state index contributed by atoms with van der Waals surface area (Å²) < 4.78 is 0. The lowest BCUT2D eigenvalue weighted by atomic mass is 9.75. The van der Waals surface area contributed by atoms with E-state index in [-0.39, 0.29) is 0 Å². The summed E-state index contributed by atoms with van der Waals surface area (Å²) in [4.78, 5) is 0. The average molecular weight is 237 g/mol. The van der Waals surface area contributed by atoms with Gasteiger partial charge in [0.1, 0.15) is 0 Å². The van der Waals surface area contributed by atoms with Crippen LogP contribution >= 0.6 is 0 Å². The van der Waals surface area contributed by atoms with Crippen molar-refractivity contribution in [1.29, 1.82) is 0 Å². The Morgan fingerprint density at radius 1 is 1.00 bits per heavy atom. The van der Waals surface area contributed by atoms with Crippen LogP contribution < -0.4 is 5.32 Å². The molecule has 2 aliphatic carbocycles. The summed E-state index contributed by atoms with van der Waals surface area (Å²) in [6.45, 7) is 2.37. The first-order chi connectivity index (χ1) is 8.33. The van der Waals surface area contributed by atoms with E-state index in [9.17, 15) is 0 Å². The van der Waals surface area contributed by atoms with Crippen molar-refractivity contribution in [3.8, 4) is 0 Å². The maximum absolute atomic E-state index is 3.64. The first-order valence-electron chi connectivity index (χ1n) is 8.00. The van der Waals surface area contributed by atoms with Crippen molar-refractivity contribution in [2.24, 2.45) is 17.8 Å². The Labute approximate surface area is 108 Å². The van der Waals surface area contributed by atoms with Gasteiger partial charge < -0.3 is 5.32 Å². The number of hydrogen-bond donors (Lipinski definition) is 1. The van der Waals surface area contributed by atoms with Crippen LogP contribution in [0.4, 0.5) is 0 Å². The molecule has 2 aliphatic rings. The van der Waals surface area contributed by atoms with Crippen LogP contribution in [0.15, 0.2) is 0 Å². The molecule has 0 aromatic rings. The van der Waals surface area contributed by atoms with Gasteiger partial charge in [-0.05, 0) is 44.1 Å². The van der Waals surface area contributed by atoms with Crippen LogP contribution in [0.1, 0.15) is 71.1 Å². The molecule has 1 nitrogen and oxygen atoms in total. The Kier molecular flexibility index (Phi) is 5.34. The van der Waals surface area contributed by atoms with E-state index in [1.807, 2.05) is 0 Å². The molecule has 2 saturated carbocycles. The van der Waals surface area contributed by atoms with Gasteiger partial charge >= 0.3 is 0 Å². The van der Waals surface area contributed by atoms with Crippen molar-refractivity contribution >= 4 is 0 Å². The summed E-state index contributed by atoms with van der Waals surface area (Å²) in [5.74, 6) is 3.03. The molecule has 2 rings (SSSR count). The highest BCUT2D eigenvalue weighted by Crippen LogP contribution is 2.37. The van der Waals surface area contributed by atoms with Crippen molar-refractivity contribution in [2.45, 2.75) is 77.2 Å². The van der Waals surface area contributed by atoms with Gasteiger partial charge in [0.05, 0.1) is 0 Å². The van der Waals surface area contributed by atoms with Crippen molar-refractivity contribution in [1.82, 2.24) is 5.32 Å². The van der Waals surface area contributed by atoms with Crippen LogP contribution in [-0.2, 0) is 0 Å². The van der Waals surface area contributed by atoms with Gasteiger partial charge in [-0.25, -0.2) is 0 Å². The lowest BCUT2D eigenvalue weighted by Crippen LogP contribution is -2.37. The van der Waals surface area contributed by atoms with Crippen molar-refractivity contribution in [3.05, 3.63) is 0 Å². The fourth-order valence-corrected chi connectivity index (χ4v) is 4.22. The zero-order chi connectivity index (χ0) is 12.1. The molecule has 1 heteroatoms. The molecule has 0 aromatic heterocycles. The second-order valence-corrected chi connectivity index (χ2v) is 6.48. The highest BCUT2D eigenvalue weighted by molar-refractivity contribution is 4.84. The second kappa shape index (κ2) is 6.78. The minimum atomic E-state index is 0.812. The van der Waals surface area contributed by atoms with Crippen LogP contribution in [-0.4, -0.2) is 13.1 Å². The molecule has 3 unspecified atom stereocenters. The fraction of sp³-hybridized carbons (Fsp3) is 1.00. The smallest absolute Gasteiger partial charge is 0.00950 e. The van der Waals surface area contributed by atoms with Crippen LogP contribution in [0, 0.1) is 17.8 Å². The predicted octanol–water partition coefficient (Wildman–Crippen LogP) is 4.37. The molecule has 0 aromatic carbocycles. The molecule has 1 N–H and O–H groups in total. The van der Waals surface area contributed by atoms with E-state index in [1.54, 1.807) is 0 Å². The van der Waals surface area contributed by atoms with Gasteiger partial charge in [0, 0.05) is 6.04 Å². The molecule has 0 amide bonds. The number of rotatable bonds is 5. The quantitative estimate of drug-likeness (QED) is 0.748. The third-order valence-electron chi connectivity index (χ3n) is 5.40. The van der Waals surface area contributed by atoms with Crippen LogP contribution in [0.2, 0.25) is 0 Å². The molecular formula is C16H31N. The van der Waals surface area contributed by atoms with Gasteiger partial charge in [-0.15, -0.1) is 0 Å². The molecule has 0 saturated heterocycles. The largest absolute Gasteiger partial charge is 0.317 e. The molecule has 17 heavy (non-hydrogen) atoms. The van der Waals surface area contributed by atoms with Crippen molar-refractivity contribution < 1.29 is 0 Å². The van der Waals surface area contributed by atoms with Crippen LogP contribution in [0.5, 0.6) is 0 Å². The topological polar surface area (TPSA) is 12.0 Å². The van der Waals surface area contributed by atoms with Crippen LogP contribution in [0.25, 0.3) is 0 Å². The van der Waals surface area contributed by atoms with Gasteiger partial charge in [-0.3, -0.25) is 0 Å². The maximum atomic E-state index is 3.64. The van der Waals surface area contributed by atoms with E-state index in [2.05, 4.69) is 19.3 Å². The lowest BCUT2D eigenvalue weighted by Gasteiger charge is -2.35. The van der Waals surface area contributed by atoms with Gasteiger partial charge in [0.2, 0.25) is 0 Å². The van der Waals surface area contributed by atoms with E-state index >= 15 is 0 Å². The summed E-state index contributed by atoms with van der Waals surface area (Å²) in [7, 11) is 2.19. The normalized spacial score (nSPS) is 32.8. The molecule has 100 valence electrons. The van der Waals surface area contributed by atoms with Crippen molar-refractivity contribution in [2.75, 3.05) is 7.05 Å². The molecule has 0 bridgehead atoms. The van der Waals surface area contributed by atoms with Gasteiger partial charge in [0.25, 0.3) is 0 Å². The minimum absolute atomic E-state index is 0.812. The van der Waals surface area contributed by atoms with E-state index in [0.717, 1.165) is 23.8 Å². The van der Waals surface area contributed by atoms with E-state index in [1.165, 1.54) is 64.2 Å². The second-order valence-electron chi connectivity index (χ2n) is 6.48. The standard InChI is InChI=1S/C16H31N/c1-3-13-9-6-10-15(11-13)16(17-2)12-14-7-4-5-8-14/h13-17H,3-12H2,1-2H3. The highest BCUT2D eigenvalue weighted by atomic mass is 14.9. The Morgan fingerprint density at radius 3 is 2.35 bits per heavy atom. The summed E-state index contributed by atoms with van der Waals surface area (Å²) in [6.07, 6.45) is 14.8. The molecule has 0 aliphatic heterocycles. The zero-order valence-corrected chi connectivity index (χ0v) is 11.9. The van der Waals surface area contributed by atoms with E-state index in [0.29, 0.717) is 0 Å². The van der Waals surface area contributed by atoms with Gasteiger partial charge in [0.15, 0.2) is 0 Å². The Hall–Kier alpha value is -0.0400. The Bertz CT molecular complexity index is 208. The molecule has 3 atom stereocenters. The molecule has 2 fully saturated rings. The van der Waals surface area contributed by atoms with Gasteiger partial charge in [-0.1, -0.05) is 51.9 Å². The summed E-state index contributed by atoms with van der Waals surface area (Å²) in [5.41, 5.74) is 0. The van der Waals surface area contributed by atoms with E-state index in [4.69, 9.17) is 0 Å². The summed E-state index contributed by atoms with van der Waals surface area (Å²) >= 11 is 0. The first-order valence-corrected chi connectivity index (χ1v) is 8.00. The zero-order valence-electron chi connectivity index (χ0n) is 11.9. The Morgan fingerprint density at radius 2 is 1.71 bits per heavy atom. The number of nitrogens with one attached hydrogen (secondary N) is 1. The average Bonchev–Trinajstić information content (AvgIpc) is 2.89. The highest BCUT2D eigenvalue weighted by Gasteiger charge is 2.29. The third-order valence-corrected chi connectivity index (χ3v) is 5.40. The SMILES string of the molecule is CCC1CCCC(C(CC2CCCC2)NC)C1. The molecular weight excluding hydrogens is 206 g/mol. The van der Waals surface area contributed by atoms with E-state index < -0.39 is 0 Å². The maximum Gasteiger partial charge on any atom is 0.00950 e. The third kappa shape index (κ3) is 3.71. The number of hydrogen-bond acceptors (Lipinski definition) is 1. The molecule has 0 radical (unpaired) electrons. The molecule has 0 heterocycles. The van der Waals surface area contributed by atoms with Crippen molar-refractivity contribution in [3.63, 3.8) is 0 Å². The summed E-state index contributed by atoms with van der Waals surface area (Å²) in [6, 6.07) is 0.812. The monoisotopic (exact) mass is 237 g/mol. The van der Waals surface area contributed by atoms with Crippen LogP contribution in [0.3, 0.4) is 0 Å². The molecule has 0 spiro atoms. The summed E-state index contributed by atoms with van der Waals surface area (Å²) in [5, 5.41) is 3.64. The first kappa shape index (κ1) is 13.4. The van der Waals surface area contributed by atoms with Gasteiger partial charge in [-0.2, -0.15) is 0 Å². The lowest BCUT2D eigenvalue weighted by molar-refractivity contribution is 0.194. The predicted molar refractivity (Wildman–Crippen MR) is 75.2 cm³/mol. The minimum Gasteiger partial charge on any atom is -0.317 e. The Balaban J connectivity index is 1.83.